The standard InChI is InChI=1S/C14H18ClN5/c1-2-13(5-9-3-4-9)20-14(17-18-19-20)10-6-11(15)8-12(16)7-10/h6-9,13H,2-5,16H2,1H3. The predicted octanol–water partition coefficient (Wildman–Crippen LogP) is 3.33. The van der Waals surface area contributed by atoms with E-state index in [9.17, 15) is 0 Å². The first-order valence-corrected chi connectivity index (χ1v) is 7.39. The number of halogens is 1. The Morgan fingerprint density at radius 2 is 2.20 bits per heavy atom. The van der Waals surface area contributed by atoms with Crippen molar-refractivity contribution in [2.45, 2.75) is 38.6 Å². The molecule has 2 aromatic rings. The Balaban J connectivity index is 1.95. The summed E-state index contributed by atoms with van der Waals surface area (Å²) in [6.07, 6.45) is 4.82. The Kier molecular flexibility index (Phi) is 3.61. The summed E-state index contributed by atoms with van der Waals surface area (Å²) < 4.78 is 1.92. The van der Waals surface area contributed by atoms with Crippen molar-refractivity contribution >= 4 is 17.3 Å². The Labute approximate surface area is 123 Å². The molecule has 2 N–H and O–H groups in total. The van der Waals surface area contributed by atoms with Gasteiger partial charge in [-0.2, -0.15) is 0 Å². The van der Waals surface area contributed by atoms with Gasteiger partial charge in [-0.25, -0.2) is 4.68 Å². The molecule has 1 saturated carbocycles. The first-order chi connectivity index (χ1) is 9.67. The molecule has 0 aliphatic heterocycles. The van der Waals surface area contributed by atoms with Crippen LogP contribution in [0.15, 0.2) is 18.2 Å². The van der Waals surface area contributed by atoms with Crippen molar-refractivity contribution in [3.8, 4) is 11.4 Å². The van der Waals surface area contributed by atoms with E-state index in [2.05, 4.69) is 22.4 Å². The van der Waals surface area contributed by atoms with E-state index in [-0.39, 0.29) is 0 Å². The van der Waals surface area contributed by atoms with Crippen molar-refractivity contribution < 1.29 is 0 Å². The fourth-order valence-electron chi connectivity index (χ4n) is 2.55. The molecule has 1 aliphatic carbocycles. The van der Waals surface area contributed by atoms with E-state index >= 15 is 0 Å². The van der Waals surface area contributed by atoms with Crippen molar-refractivity contribution in [2.75, 3.05) is 5.73 Å². The van der Waals surface area contributed by atoms with Crippen LogP contribution in [-0.2, 0) is 0 Å². The highest BCUT2D eigenvalue weighted by molar-refractivity contribution is 6.31. The Bertz CT molecular complexity index is 585. The van der Waals surface area contributed by atoms with E-state index in [1.165, 1.54) is 12.8 Å². The number of tetrazole rings is 1. The lowest BCUT2D eigenvalue weighted by Gasteiger charge is -2.16. The Morgan fingerprint density at radius 1 is 1.40 bits per heavy atom. The van der Waals surface area contributed by atoms with Gasteiger partial charge in [0.2, 0.25) is 0 Å². The van der Waals surface area contributed by atoms with Gasteiger partial charge in [-0.05, 0) is 47.4 Å². The smallest absolute Gasteiger partial charge is 0.182 e. The highest BCUT2D eigenvalue weighted by Crippen LogP contribution is 2.38. The van der Waals surface area contributed by atoms with Gasteiger partial charge in [0.1, 0.15) is 0 Å². The van der Waals surface area contributed by atoms with Crippen LogP contribution in [0.25, 0.3) is 11.4 Å². The van der Waals surface area contributed by atoms with Gasteiger partial charge in [0, 0.05) is 16.3 Å². The molecule has 1 aromatic heterocycles. The molecular weight excluding hydrogens is 274 g/mol. The summed E-state index contributed by atoms with van der Waals surface area (Å²) in [4.78, 5) is 0. The molecule has 6 heteroatoms. The second kappa shape index (κ2) is 5.40. The van der Waals surface area contributed by atoms with Gasteiger partial charge in [0.15, 0.2) is 5.82 Å². The van der Waals surface area contributed by atoms with E-state index in [4.69, 9.17) is 17.3 Å². The maximum absolute atomic E-state index is 6.07. The van der Waals surface area contributed by atoms with Crippen LogP contribution in [0.2, 0.25) is 5.02 Å². The molecule has 3 rings (SSSR count). The third kappa shape index (κ3) is 2.77. The minimum atomic E-state index is 0.340. The average Bonchev–Trinajstić information content (AvgIpc) is 3.09. The Hall–Kier alpha value is -1.62. The van der Waals surface area contributed by atoms with Crippen LogP contribution in [0.1, 0.15) is 38.6 Å². The number of benzene rings is 1. The number of nitrogen functional groups attached to an aromatic ring is 1. The van der Waals surface area contributed by atoms with E-state index in [0.717, 1.165) is 30.1 Å². The van der Waals surface area contributed by atoms with Crippen molar-refractivity contribution in [1.82, 2.24) is 20.2 Å². The molecule has 0 radical (unpaired) electrons. The maximum Gasteiger partial charge on any atom is 0.182 e. The predicted molar refractivity (Wildman–Crippen MR) is 79.3 cm³/mol. The fraction of sp³-hybridized carbons (Fsp3) is 0.500. The minimum Gasteiger partial charge on any atom is -0.399 e. The summed E-state index contributed by atoms with van der Waals surface area (Å²) in [6, 6.07) is 5.77. The largest absolute Gasteiger partial charge is 0.399 e. The number of rotatable bonds is 5. The van der Waals surface area contributed by atoms with Gasteiger partial charge in [0.05, 0.1) is 6.04 Å². The first-order valence-electron chi connectivity index (χ1n) is 7.01. The molecule has 1 heterocycles. The third-order valence-electron chi connectivity index (χ3n) is 3.79. The van der Waals surface area contributed by atoms with Crippen LogP contribution in [0.3, 0.4) is 0 Å². The third-order valence-corrected chi connectivity index (χ3v) is 4.01. The molecule has 106 valence electrons. The van der Waals surface area contributed by atoms with Crippen molar-refractivity contribution in [3.05, 3.63) is 23.2 Å². The quantitative estimate of drug-likeness (QED) is 0.858. The van der Waals surface area contributed by atoms with E-state index in [0.29, 0.717) is 16.8 Å². The average molecular weight is 292 g/mol. The summed E-state index contributed by atoms with van der Waals surface area (Å²) in [7, 11) is 0. The molecule has 1 aliphatic rings. The normalized spacial score (nSPS) is 16.3. The lowest BCUT2D eigenvalue weighted by Crippen LogP contribution is -2.12. The number of nitrogens with two attached hydrogens (primary N) is 1. The molecule has 20 heavy (non-hydrogen) atoms. The van der Waals surface area contributed by atoms with Crippen LogP contribution in [-0.4, -0.2) is 20.2 Å². The lowest BCUT2D eigenvalue weighted by atomic mass is 10.1. The van der Waals surface area contributed by atoms with Crippen LogP contribution in [0.5, 0.6) is 0 Å². The highest BCUT2D eigenvalue weighted by atomic mass is 35.5. The molecule has 0 bridgehead atoms. The van der Waals surface area contributed by atoms with Gasteiger partial charge < -0.3 is 5.73 Å². The van der Waals surface area contributed by atoms with Crippen LogP contribution in [0.4, 0.5) is 5.69 Å². The fourth-order valence-corrected chi connectivity index (χ4v) is 2.79. The highest BCUT2D eigenvalue weighted by Gasteiger charge is 2.27. The minimum absolute atomic E-state index is 0.340. The molecule has 1 atom stereocenters. The SMILES string of the molecule is CCC(CC1CC1)n1nnnc1-c1cc(N)cc(Cl)c1. The topological polar surface area (TPSA) is 69.6 Å². The second-order valence-electron chi connectivity index (χ2n) is 5.46. The van der Waals surface area contributed by atoms with Gasteiger partial charge in [-0.1, -0.05) is 31.4 Å². The van der Waals surface area contributed by atoms with Gasteiger partial charge in [-0.3, -0.25) is 0 Å². The number of hydrogen-bond acceptors (Lipinski definition) is 4. The van der Waals surface area contributed by atoms with Crippen molar-refractivity contribution in [3.63, 3.8) is 0 Å². The van der Waals surface area contributed by atoms with Crippen molar-refractivity contribution in [1.29, 1.82) is 0 Å². The van der Waals surface area contributed by atoms with E-state index < -0.39 is 0 Å². The van der Waals surface area contributed by atoms with Gasteiger partial charge in [0.25, 0.3) is 0 Å². The molecule has 1 aromatic carbocycles. The molecule has 1 unspecified atom stereocenters. The summed E-state index contributed by atoms with van der Waals surface area (Å²) >= 11 is 6.07. The molecule has 1 fully saturated rings. The molecule has 0 amide bonds. The van der Waals surface area contributed by atoms with Crippen LogP contribution < -0.4 is 5.73 Å². The van der Waals surface area contributed by atoms with E-state index in [1.807, 2.05) is 16.8 Å². The lowest BCUT2D eigenvalue weighted by molar-refractivity contribution is 0.388. The summed E-state index contributed by atoms with van der Waals surface area (Å²) in [6.45, 7) is 2.17. The molecule has 0 spiro atoms. The monoisotopic (exact) mass is 291 g/mol. The number of nitrogens with zero attached hydrogens (tertiary/aromatic N) is 4. The number of hydrogen-bond donors (Lipinski definition) is 1. The molecule has 5 nitrogen and oxygen atoms in total. The van der Waals surface area contributed by atoms with Crippen LogP contribution in [0, 0.1) is 5.92 Å². The number of aromatic nitrogens is 4. The van der Waals surface area contributed by atoms with Gasteiger partial charge >= 0.3 is 0 Å². The molecular formula is C14H18ClN5. The van der Waals surface area contributed by atoms with Crippen molar-refractivity contribution in [2.24, 2.45) is 5.92 Å². The first kappa shape index (κ1) is 13.4. The summed E-state index contributed by atoms with van der Waals surface area (Å²) in [5.74, 6) is 1.58. The molecule has 0 saturated heterocycles. The summed E-state index contributed by atoms with van der Waals surface area (Å²) in [5, 5.41) is 12.8. The number of anilines is 1. The van der Waals surface area contributed by atoms with Gasteiger partial charge in [-0.15, -0.1) is 5.10 Å². The van der Waals surface area contributed by atoms with E-state index in [1.54, 1.807) is 6.07 Å². The zero-order chi connectivity index (χ0) is 14.1. The summed E-state index contributed by atoms with van der Waals surface area (Å²) in [5.41, 5.74) is 7.34. The second-order valence-corrected chi connectivity index (χ2v) is 5.90. The zero-order valence-electron chi connectivity index (χ0n) is 11.5. The van der Waals surface area contributed by atoms with Crippen LogP contribution >= 0.6 is 11.6 Å². The zero-order valence-corrected chi connectivity index (χ0v) is 12.2. The Morgan fingerprint density at radius 3 is 2.85 bits per heavy atom. The maximum atomic E-state index is 6.07.